The van der Waals surface area contributed by atoms with E-state index in [0.29, 0.717) is 5.69 Å². The van der Waals surface area contributed by atoms with Crippen LogP contribution in [-0.2, 0) is 6.18 Å². The molecule has 0 aliphatic heterocycles. The van der Waals surface area contributed by atoms with Gasteiger partial charge in [0.05, 0.1) is 5.56 Å². The normalized spacial score (nSPS) is 11.3. The van der Waals surface area contributed by atoms with Gasteiger partial charge in [-0.1, -0.05) is 0 Å². The van der Waals surface area contributed by atoms with Crippen molar-refractivity contribution >= 4 is 23.5 Å². The fraction of sp³-hybridized carbons (Fsp3) is 0.100. The molecule has 0 spiro atoms. The molecule has 0 saturated carbocycles. The molecule has 0 fully saturated rings. The SMILES string of the molecule is Nc1nc(N)nc(Nc2ccc(C(F)(F)F)cc2)n1. The van der Waals surface area contributed by atoms with Crippen LogP contribution in [-0.4, -0.2) is 15.0 Å². The molecular formula is C10H9F3N6. The zero-order valence-corrected chi connectivity index (χ0v) is 9.44. The largest absolute Gasteiger partial charge is 0.416 e. The highest BCUT2D eigenvalue weighted by Gasteiger charge is 2.29. The summed E-state index contributed by atoms with van der Waals surface area (Å²) >= 11 is 0. The highest BCUT2D eigenvalue weighted by atomic mass is 19.4. The van der Waals surface area contributed by atoms with Gasteiger partial charge in [-0.3, -0.25) is 0 Å². The summed E-state index contributed by atoms with van der Waals surface area (Å²) in [6.45, 7) is 0. The summed E-state index contributed by atoms with van der Waals surface area (Å²) in [5.41, 5.74) is 10.4. The number of hydrogen-bond acceptors (Lipinski definition) is 6. The maximum atomic E-state index is 12.4. The van der Waals surface area contributed by atoms with Crippen LogP contribution >= 0.6 is 0 Å². The molecule has 6 nitrogen and oxygen atoms in total. The minimum Gasteiger partial charge on any atom is -0.368 e. The number of halogens is 3. The minimum atomic E-state index is -4.37. The topological polar surface area (TPSA) is 103 Å². The van der Waals surface area contributed by atoms with Crippen molar-refractivity contribution in [2.24, 2.45) is 0 Å². The van der Waals surface area contributed by atoms with E-state index in [9.17, 15) is 13.2 Å². The maximum Gasteiger partial charge on any atom is 0.416 e. The van der Waals surface area contributed by atoms with Gasteiger partial charge in [0.15, 0.2) is 0 Å². The molecule has 19 heavy (non-hydrogen) atoms. The van der Waals surface area contributed by atoms with Gasteiger partial charge in [0.1, 0.15) is 0 Å². The second-order valence-electron chi connectivity index (χ2n) is 3.58. The highest BCUT2D eigenvalue weighted by Crippen LogP contribution is 2.30. The molecule has 0 atom stereocenters. The van der Waals surface area contributed by atoms with E-state index >= 15 is 0 Å². The summed E-state index contributed by atoms with van der Waals surface area (Å²) in [6, 6.07) is 4.38. The lowest BCUT2D eigenvalue weighted by molar-refractivity contribution is -0.137. The Kier molecular flexibility index (Phi) is 3.11. The number of rotatable bonds is 2. The van der Waals surface area contributed by atoms with Crippen LogP contribution in [0.4, 0.5) is 36.7 Å². The van der Waals surface area contributed by atoms with Gasteiger partial charge in [-0.05, 0) is 24.3 Å². The number of anilines is 4. The molecule has 0 saturated heterocycles. The van der Waals surface area contributed by atoms with E-state index in [4.69, 9.17) is 11.5 Å². The molecule has 1 aromatic heterocycles. The summed E-state index contributed by atoms with van der Waals surface area (Å²) in [7, 11) is 0. The first-order valence-electron chi connectivity index (χ1n) is 5.06. The van der Waals surface area contributed by atoms with Crippen LogP contribution < -0.4 is 16.8 Å². The molecule has 2 aromatic rings. The molecule has 0 aliphatic rings. The average molecular weight is 270 g/mol. The van der Waals surface area contributed by atoms with Crippen molar-refractivity contribution in [1.82, 2.24) is 15.0 Å². The van der Waals surface area contributed by atoms with Crippen LogP contribution in [0.2, 0.25) is 0 Å². The highest BCUT2D eigenvalue weighted by molar-refractivity contribution is 5.55. The monoisotopic (exact) mass is 270 g/mol. The van der Waals surface area contributed by atoms with Crippen molar-refractivity contribution in [3.8, 4) is 0 Å². The predicted molar refractivity (Wildman–Crippen MR) is 63.4 cm³/mol. The number of benzene rings is 1. The van der Waals surface area contributed by atoms with Gasteiger partial charge in [0.25, 0.3) is 0 Å². The molecule has 0 radical (unpaired) electrons. The predicted octanol–water partition coefficient (Wildman–Crippen LogP) is 1.80. The third kappa shape index (κ3) is 3.21. The quantitative estimate of drug-likeness (QED) is 0.768. The number of nitrogens with two attached hydrogens (primary N) is 2. The smallest absolute Gasteiger partial charge is 0.368 e. The van der Waals surface area contributed by atoms with Gasteiger partial charge in [-0.15, -0.1) is 0 Å². The van der Waals surface area contributed by atoms with Crippen LogP contribution in [0.3, 0.4) is 0 Å². The van der Waals surface area contributed by atoms with Gasteiger partial charge < -0.3 is 16.8 Å². The first-order chi connectivity index (χ1) is 8.84. The number of nitrogens with one attached hydrogen (secondary N) is 1. The Hall–Kier alpha value is -2.58. The Labute approximate surface area is 105 Å². The van der Waals surface area contributed by atoms with Crippen molar-refractivity contribution < 1.29 is 13.2 Å². The van der Waals surface area contributed by atoms with E-state index in [0.717, 1.165) is 12.1 Å². The number of alkyl halides is 3. The lowest BCUT2D eigenvalue weighted by atomic mass is 10.2. The zero-order chi connectivity index (χ0) is 14.0. The van der Waals surface area contributed by atoms with E-state index in [1.54, 1.807) is 0 Å². The van der Waals surface area contributed by atoms with Crippen LogP contribution in [0.1, 0.15) is 5.56 Å². The number of aromatic nitrogens is 3. The Balaban J connectivity index is 2.20. The van der Waals surface area contributed by atoms with Crippen molar-refractivity contribution in [3.63, 3.8) is 0 Å². The third-order valence-corrected chi connectivity index (χ3v) is 2.14. The second-order valence-corrected chi connectivity index (χ2v) is 3.58. The number of hydrogen-bond donors (Lipinski definition) is 3. The molecule has 0 aliphatic carbocycles. The Bertz CT molecular complexity index is 561. The summed E-state index contributed by atoms with van der Waals surface area (Å²) in [6.07, 6.45) is -4.37. The average Bonchev–Trinajstić information content (AvgIpc) is 2.26. The Morgan fingerprint density at radius 3 is 1.89 bits per heavy atom. The summed E-state index contributed by atoms with van der Waals surface area (Å²) in [5.74, 6) is -0.103. The van der Waals surface area contributed by atoms with Crippen LogP contribution in [0.25, 0.3) is 0 Å². The summed E-state index contributed by atoms with van der Waals surface area (Å²) < 4.78 is 37.1. The van der Waals surface area contributed by atoms with Gasteiger partial charge >= 0.3 is 6.18 Å². The molecular weight excluding hydrogens is 261 g/mol. The molecule has 9 heteroatoms. The minimum absolute atomic E-state index is 0.0600. The summed E-state index contributed by atoms with van der Waals surface area (Å²) in [4.78, 5) is 11.1. The molecule has 0 amide bonds. The van der Waals surface area contributed by atoms with Gasteiger partial charge in [0, 0.05) is 5.69 Å². The van der Waals surface area contributed by atoms with E-state index in [1.165, 1.54) is 12.1 Å². The van der Waals surface area contributed by atoms with Crippen LogP contribution in [0.15, 0.2) is 24.3 Å². The van der Waals surface area contributed by atoms with Crippen molar-refractivity contribution in [2.75, 3.05) is 16.8 Å². The van der Waals surface area contributed by atoms with E-state index in [-0.39, 0.29) is 17.8 Å². The molecule has 1 aromatic carbocycles. The molecule has 2 rings (SSSR count). The van der Waals surface area contributed by atoms with Gasteiger partial charge in [-0.25, -0.2) is 0 Å². The number of nitrogens with zero attached hydrogens (tertiary/aromatic N) is 3. The standard InChI is InChI=1S/C10H9F3N6/c11-10(12,13)5-1-3-6(4-2-5)16-9-18-7(14)17-8(15)19-9/h1-4H,(H5,14,15,16,17,18,19). The third-order valence-electron chi connectivity index (χ3n) is 2.14. The molecule has 1 heterocycles. The first-order valence-corrected chi connectivity index (χ1v) is 5.06. The van der Waals surface area contributed by atoms with E-state index in [2.05, 4.69) is 20.3 Å². The maximum absolute atomic E-state index is 12.4. The Morgan fingerprint density at radius 2 is 1.42 bits per heavy atom. The second kappa shape index (κ2) is 4.59. The van der Waals surface area contributed by atoms with Gasteiger partial charge in [-0.2, -0.15) is 28.1 Å². The fourth-order valence-corrected chi connectivity index (χ4v) is 1.34. The van der Waals surface area contributed by atoms with Crippen LogP contribution in [0.5, 0.6) is 0 Å². The van der Waals surface area contributed by atoms with Gasteiger partial charge in [0.2, 0.25) is 17.8 Å². The molecule has 0 bridgehead atoms. The molecule has 5 N–H and O–H groups in total. The van der Waals surface area contributed by atoms with Crippen molar-refractivity contribution in [1.29, 1.82) is 0 Å². The molecule has 0 unspecified atom stereocenters. The lowest BCUT2D eigenvalue weighted by Crippen LogP contribution is -2.07. The lowest BCUT2D eigenvalue weighted by Gasteiger charge is -2.08. The molecule has 100 valence electrons. The van der Waals surface area contributed by atoms with Crippen molar-refractivity contribution in [2.45, 2.75) is 6.18 Å². The van der Waals surface area contributed by atoms with Crippen molar-refractivity contribution in [3.05, 3.63) is 29.8 Å². The van der Waals surface area contributed by atoms with Crippen LogP contribution in [0, 0.1) is 0 Å². The number of nitrogen functional groups attached to an aromatic ring is 2. The Morgan fingerprint density at radius 1 is 0.895 bits per heavy atom. The zero-order valence-electron chi connectivity index (χ0n) is 9.44. The fourth-order valence-electron chi connectivity index (χ4n) is 1.34. The van der Waals surface area contributed by atoms with E-state index in [1.807, 2.05) is 0 Å². The van der Waals surface area contributed by atoms with E-state index < -0.39 is 11.7 Å². The summed E-state index contributed by atoms with van der Waals surface area (Å²) in [5, 5.41) is 2.67. The first kappa shape index (κ1) is 12.9.